The van der Waals surface area contributed by atoms with E-state index in [2.05, 4.69) is 4.72 Å². The van der Waals surface area contributed by atoms with Crippen LogP contribution in [-0.4, -0.2) is 26.2 Å². The maximum atomic E-state index is 13.5. The second kappa shape index (κ2) is 5.52. The van der Waals surface area contributed by atoms with Gasteiger partial charge in [-0.1, -0.05) is 6.07 Å². The molecule has 1 atom stereocenters. The molecule has 0 aliphatic heterocycles. The molecule has 19 heavy (non-hydrogen) atoms. The van der Waals surface area contributed by atoms with Gasteiger partial charge in [0, 0.05) is 12.6 Å². The van der Waals surface area contributed by atoms with Gasteiger partial charge in [-0.3, -0.25) is 0 Å². The van der Waals surface area contributed by atoms with E-state index < -0.39 is 32.6 Å². The summed E-state index contributed by atoms with van der Waals surface area (Å²) in [4.78, 5) is -0.960. The first-order chi connectivity index (χ1) is 8.95. The van der Waals surface area contributed by atoms with Crippen molar-refractivity contribution >= 4 is 10.0 Å². The van der Waals surface area contributed by atoms with E-state index in [0.717, 1.165) is 31.0 Å². The summed E-state index contributed by atoms with van der Waals surface area (Å²) in [5, 5.41) is 8.91. The Morgan fingerprint density at radius 3 is 2.37 bits per heavy atom. The van der Waals surface area contributed by atoms with Crippen molar-refractivity contribution in [2.24, 2.45) is 5.92 Å². The fourth-order valence-electron chi connectivity index (χ4n) is 2.03. The summed E-state index contributed by atoms with van der Waals surface area (Å²) in [5.74, 6) is -2.10. The number of sulfonamides is 1. The molecule has 1 aliphatic rings. The second-order valence-corrected chi connectivity index (χ2v) is 6.28. The third-order valence-corrected chi connectivity index (χ3v) is 4.67. The Morgan fingerprint density at radius 2 is 1.89 bits per heavy atom. The number of nitrogens with one attached hydrogen (secondary N) is 1. The van der Waals surface area contributed by atoms with Crippen molar-refractivity contribution in [1.82, 2.24) is 4.72 Å². The molecule has 7 heteroatoms. The minimum atomic E-state index is -4.26. The molecule has 4 nitrogen and oxygen atoms in total. The van der Waals surface area contributed by atoms with Crippen LogP contribution in [0.15, 0.2) is 23.1 Å². The average Bonchev–Trinajstić information content (AvgIpc) is 3.11. The van der Waals surface area contributed by atoms with Crippen molar-refractivity contribution < 1.29 is 22.3 Å². The number of hydrogen-bond acceptors (Lipinski definition) is 3. The van der Waals surface area contributed by atoms with Gasteiger partial charge in [0.15, 0.2) is 4.90 Å². The predicted octanol–water partition coefficient (Wildman–Crippen LogP) is 1.40. The van der Waals surface area contributed by atoms with Crippen molar-refractivity contribution in [2.45, 2.75) is 30.2 Å². The molecule has 1 fully saturated rings. The molecule has 1 aromatic rings. The van der Waals surface area contributed by atoms with Crippen LogP contribution in [0.5, 0.6) is 0 Å². The molecular formula is C12H15F2NO3S. The summed E-state index contributed by atoms with van der Waals surface area (Å²) in [7, 11) is -4.26. The molecule has 0 spiro atoms. The van der Waals surface area contributed by atoms with Crippen LogP contribution in [0.4, 0.5) is 8.78 Å². The topological polar surface area (TPSA) is 66.4 Å². The third kappa shape index (κ3) is 3.29. The largest absolute Gasteiger partial charge is 0.396 e. The van der Waals surface area contributed by atoms with E-state index in [4.69, 9.17) is 5.11 Å². The van der Waals surface area contributed by atoms with E-state index in [1.807, 2.05) is 0 Å². The van der Waals surface area contributed by atoms with Crippen LogP contribution in [0.25, 0.3) is 0 Å². The van der Waals surface area contributed by atoms with Crippen molar-refractivity contribution in [2.75, 3.05) is 6.61 Å². The van der Waals surface area contributed by atoms with Gasteiger partial charge in [-0.05, 0) is 37.3 Å². The summed E-state index contributed by atoms with van der Waals surface area (Å²) < 4.78 is 53.3. The van der Waals surface area contributed by atoms with E-state index in [1.54, 1.807) is 0 Å². The Morgan fingerprint density at radius 1 is 1.32 bits per heavy atom. The average molecular weight is 291 g/mol. The molecule has 106 valence electrons. The number of rotatable bonds is 6. The van der Waals surface area contributed by atoms with E-state index in [-0.39, 0.29) is 18.9 Å². The molecule has 2 N–H and O–H groups in total. The minimum Gasteiger partial charge on any atom is -0.396 e. The van der Waals surface area contributed by atoms with Crippen molar-refractivity contribution in [3.63, 3.8) is 0 Å². The highest BCUT2D eigenvalue weighted by atomic mass is 32.2. The van der Waals surface area contributed by atoms with Crippen LogP contribution in [0, 0.1) is 17.6 Å². The summed E-state index contributed by atoms with van der Waals surface area (Å²) >= 11 is 0. The molecule has 1 unspecified atom stereocenters. The molecule has 1 aromatic carbocycles. The minimum absolute atomic E-state index is 0.136. The van der Waals surface area contributed by atoms with Gasteiger partial charge in [0.05, 0.1) is 0 Å². The second-order valence-electron chi connectivity index (χ2n) is 4.63. The summed E-state index contributed by atoms with van der Waals surface area (Å²) in [6.45, 7) is -0.177. The highest BCUT2D eigenvalue weighted by Gasteiger charge is 2.35. The zero-order chi connectivity index (χ0) is 14.0. The predicted molar refractivity (Wildman–Crippen MR) is 64.9 cm³/mol. The Kier molecular flexibility index (Phi) is 4.17. The van der Waals surface area contributed by atoms with Gasteiger partial charge in [0.25, 0.3) is 0 Å². The van der Waals surface area contributed by atoms with Crippen LogP contribution >= 0.6 is 0 Å². The van der Waals surface area contributed by atoms with Gasteiger partial charge in [-0.25, -0.2) is 21.9 Å². The quantitative estimate of drug-likeness (QED) is 0.832. The summed E-state index contributed by atoms with van der Waals surface area (Å²) in [5.41, 5.74) is 0. The van der Waals surface area contributed by atoms with Gasteiger partial charge in [-0.2, -0.15) is 0 Å². The van der Waals surface area contributed by atoms with Crippen LogP contribution in [0.3, 0.4) is 0 Å². The lowest BCUT2D eigenvalue weighted by atomic mass is 10.1. The number of benzene rings is 1. The van der Waals surface area contributed by atoms with Crippen molar-refractivity contribution in [3.8, 4) is 0 Å². The standard InChI is InChI=1S/C12H15F2NO3S/c13-9-2-1-3-10(14)12(9)19(17,18)15-11(6-7-16)8-4-5-8/h1-3,8,11,15-16H,4-7H2. The Bertz CT molecular complexity index is 538. The highest BCUT2D eigenvalue weighted by molar-refractivity contribution is 7.89. The maximum Gasteiger partial charge on any atom is 0.246 e. The summed E-state index contributed by atoms with van der Waals surface area (Å²) in [6.07, 6.45) is 1.94. The zero-order valence-corrected chi connectivity index (χ0v) is 11.0. The lowest BCUT2D eigenvalue weighted by molar-refractivity contribution is 0.265. The molecule has 0 saturated heterocycles. The first-order valence-electron chi connectivity index (χ1n) is 6.03. The molecule has 0 heterocycles. The molecule has 0 bridgehead atoms. The summed E-state index contributed by atoms with van der Waals surface area (Å²) in [6, 6.07) is 2.43. The third-order valence-electron chi connectivity index (χ3n) is 3.13. The van der Waals surface area contributed by atoms with E-state index in [1.165, 1.54) is 0 Å². The SMILES string of the molecule is O=S(=O)(NC(CCO)C1CC1)c1c(F)cccc1F. The molecule has 2 rings (SSSR count). The molecular weight excluding hydrogens is 276 g/mol. The highest BCUT2D eigenvalue weighted by Crippen LogP contribution is 2.35. The van der Waals surface area contributed by atoms with Crippen LogP contribution in [-0.2, 0) is 10.0 Å². The smallest absolute Gasteiger partial charge is 0.246 e. The van der Waals surface area contributed by atoms with Crippen molar-refractivity contribution in [1.29, 1.82) is 0 Å². The zero-order valence-electron chi connectivity index (χ0n) is 10.1. The fourth-order valence-corrected chi connectivity index (χ4v) is 3.50. The van der Waals surface area contributed by atoms with Gasteiger partial charge in [0.1, 0.15) is 11.6 Å². The first kappa shape index (κ1) is 14.4. The Labute approximate surface area is 110 Å². The number of aliphatic hydroxyl groups is 1. The molecule has 0 aromatic heterocycles. The number of halogens is 2. The molecule has 1 saturated carbocycles. The Balaban J connectivity index is 2.26. The maximum absolute atomic E-state index is 13.5. The molecule has 0 amide bonds. The van der Waals surface area contributed by atoms with Crippen LogP contribution in [0.2, 0.25) is 0 Å². The van der Waals surface area contributed by atoms with Gasteiger partial charge in [0.2, 0.25) is 10.0 Å². The first-order valence-corrected chi connectivity index (χ1v) is 7.51. The van der Waals surface area contributed by atoms with E-state index in [9.17, 15) is 17.2 Å². The number of aliphatic hydroxyl groups excluding tert-OH is 1. The normalized spacial score (nSPS) is 17.4. The lowest BCUT2D eigenvalue weighted by Gasteiger charge is -2.17. The van der Waals surface area contributed by atoms with E-state index >= 15 is 0 Å². The number of hydrogen-bond donors (Lipinski definition) is 2. The Hall–Kier alpha value is -1.05. The van der Waals surface area contributed by atoms with Crippen molar-refractivity contribution in [3.05, 3.63) is 29.8 Å². The van der Waals surface area contributed by atoms with E-state index in [0.29, 0.717) is 0 Å². The van der Waals surface area contributed by atoms with Gasteiger partial charge >= 0.3 is 0 Å². The van der Waals surface area contributed by atoms with Gasteiger partial charge in [-0.15, -0.1) is 0 Å². The van der Waals surface area contributed by atoms with Crippen LogP contribution < -0.4 is 4.72 Å². The lowest BCUT2D eigenvalue weighted by Crippen LogP contribution is -2.37. The van der Waals surface area contributed by atoms with Gasteiger partial charge < -0.3 is 5.11 Å². The monoisotopic (exact) mass is 291 g/mol. The fraction of sp³-hybridized carbons (Fsp3) is 0.500. The molecule has 0 radical (unpaired) electrons. The molecule has 1 aliphatic carbocycles. The van der Waals surface area contributed by atoms with Crippen LogP contribution in [0.1, 0.15) is 19.3 Å².